The lowest BCUT2D eigenvalue weighted by atomic mass is 10.0. The predicted molar refractivity (Wildman–Crippen MR) is 68.4 cm³/mol. The number of aliphatic hydroxyl groups is 1. The maximum absolute atomic E-state index is 9.86. The lowest BCUT2D eigenvalue weighted by Gasteiger charge is -2.08. The molecular weight excluding hydrogens is 284 g/mol. The molecule has 0 radical (unpaired) electrons. The van der Waals surface area contributed by atoms with E-state index in [1.165, 1.54) is 0 Å². The van der Waals surface area contributed by atoms with Crippen LogP contribution < -0.4 is 5.73 Å². The Labute approximate surface area is 108 Å². The third kappa shape index (κ3) is 2.41. The van der Waals surface area contributed by atoms with Crippen LogP contribution in [0, 0.1) is 6.92 Å². The second kappa shape index (κ2) is 5.00. The second-order valence-electron chi connectivity index (χ2n) is 3.77. The van der Waals surface area contributed by atoms with Crippen LogP contribution in [0.5, 0.6) is 0 Å². The zero-order valence-electron chi connectivity index (χ0n) is 9.35. The van der Waals surface area contributed by atoms with Crippen LogP contribution in [0.1, 0.15) is 17.4 Å². The number of rotatable bonds is 3. The molecule has 2 aromatic rings. The fourth-order valence-corrected chi connectivity index (χ4v) is 1.96. The number of nitrogens with two attached hydrogens (primary N) is 1. The maximum atomic E-state index is 9.86. The van der Waals surface area contributed by atoms with E-state index in [2.05, 4.69) is 21.1 Å². The van der Waals surface area contributed by atoms with Crippen molar-refractivity contribution in [2.24, 2.45) is 5.73 Å². The molecule has 0 aliphatic carbocycles. The van der Waals surface area contributed by atoms with Gasteiger partial charge in [-0.05, 0) is 19.1 Å². The summed E-state index contributed by atoms with van der Waals surface area (Å²) in [6.07, 6.45) is -0.750. The Balaban J connectivity index is 2.49. The van der Waals surface area contributed by atoms with Gasteiger partial charge >= 0.3 is 0 Å². The molecular formula is C12H13BrN2O2. The van der Waals surface area contributed by atoms with Crippen molar-refractivity contribution < 1.29 is 9.63 Å². The molecule has 0 aliphatic rings. The average Bonchev–Trinajstić information content (AvgIpc) is 2.71. The predicted octanol–water partition coefficient (Wildman–Crippen LogP) is 2.40. The third-order valence-corrected chi connectivity index (χ3v) is 3.10. The molecule has 90 valence electrons. The molecule has 1 unspecified atom stereocenters. The van der Waals surface area contributed by atoms with Crippen molar-refractivity contribution in [2.75, 3.05) is 6.54 Å². The minimum atomic E-state index is -0.750. The number of benzene rings is 1. The molecule has 17 heavy (non-hydrogen) atoms. The van der Waals surface area contributed by atoms with E-state index in [4.69, 9.17) is 10.3 Å². The van der Waals surface area contributed by atoms with Crippen molar-refractivity contribution in [3.8, 4) is 11.3 Å². The summed E-state index contributed by atoms with van der Waals surface area (Å²) in [7, 11) is 0. The molecule has 0 fully saturated rings. The van der Waals surface area contributed by atoms with Crippen LogP contribution in [0.15, 0.2) is 33.3 Å². The number of hydrogen-bond acceptors (Lipinski definition) is 4. The fraction of sp³-hybridized carbons (Fsp3) is 0.250. The quantitative estimate of drug-likeness (QED) is 0.912. The van der Waals surface area contributed by atoms with Gasteiger partial charge in [0.05, 0.1) is 17.4 Å². The number of aliphatic hydroxyl groups excluding tert-OH is 1. The van der Waals surface area contributed by atoms with Crippen molar-refractivity contribution in [1.82, 2.24) is 5.16 Å². The zero-order chi connectivity index (χ0) is 12.4. The van der Waals surface area contributed by atoms with Crippen LogP contribution in [0.3, 0.4) is 0 Å². The first-order valence-electron chi connectivity index (χ1n) is 5.23. The second-order valence-corrected chi connectivity index (χ2v) is 4.68. The highest BCUT2D eigenvalue weighted by Gasteiger charge is 2.20. The SMILES string of the molecule is Cc1noc(-c2ccc(Br)cc2)c1C(O)CN. The molecule has 4 nitrogen and oxygen atoms in total. The summed E-state index contributed by atoms with van der Waals surface area (Å²) < 4.78 is 6.25. The van der Waals surface area contributed by atoms with Crippen molar-refractivity contribution in [3.63, 3.8) is 0 Å². The molecule has 3 N–H and O–H groups in total. The summed E-state index contributed by atoms with van der Waals surface area (Å²) in [5, 5.41) is 13.7. The summed E-state index contributed by atoms with van der Waals surface area (Å²) >= 11 is 3.37. The molecule has 1 atom stereocenters. The largest absolute Gasteiger partial charge is 0.387 e. The first-order chi connectivity index (χ1) is 8.13. The van der Waals surface area contributed by atoms with E-state index >= 15 is 0 Å². The van der Waals surface area contributed by atoms with Crippen molar-refractivity contribution in [2.45, 2.75) is 13.0 Å². The number of nitrogens with zero attached hydrogens (tertiary/aromatic N) is 1. The zero-order valence-corrected chi connectivity index (χ0v) is 10.9. The fourth-order valence-electron chi connectivity index (χ4n) is 1.70. The van der Waals surface area contributed by atoms with Gasteiger partial charge in [0.1, 0.15) is 0 Å². The Kier molecular flexibility index (Phi) is 3.61. The van der Waals surface area contributed by atoms with Gasteiger partial charge in [-0.15, -0.1) is 0 Å². The maximum Gasteiger partial charge on any atom is 0.172 e. The van der Waals surface area contributed by atoms with Gasteiger partial charge < -0.3 is 15.4 Å². The minimum absolute atomic E-state index is 0.144. The summed E-state index contributed by atoms with van der Waals surface area (Å²) in [5.41, 5.74) is 7.68. The van der Waals surface area contributed by atoms with E-state index in [0.29, 0.717) is 17.0 Å². The molecule has 0 amide bonds. The van der Waals surface area contributed by atoms with E-state index in [1.807, 2.05) is 24.3 Å². The van der Waals surface area contributed by atoms with Gasteiger partial charge in [-0.1, -0.05) is 33.2 Å². The number of halogens is 1. The van der Waals surface area contributed by atoms with Crippen molar-refractivity contribution >= 4 is 15.9 Å². The van der Waals surface area contributed by atoms with Crippen LogP contribution >= 0.6 is 15.9 Å². The highest BCUT2D eigenvalue weighted by atomic mass is 79.9. The normalized spacial score (nSPS) is 12.7. The van der Waals surface area contributed by atoms with Gasteiger partial charge in [0, 0.05) is 16.6 Å². The van der Waals surface area contributed by atoms with Gasteiger partial charge in [0.2, 0.25) is 0 Å². The van der Waals surface area contributed by atoms with Gasteiger partial charge in [-0.3, -0.25) is 0 Å². The molecule has 0 aliphatic heterocycles. The van der Waals surface area contributed by atoms with E-state index in [1.54, 1.807) is 6.92 Å². The smallest absolute Gasteiger partial charge is 0.172 e. The van der Waals surface area contributed by atoms with Crippen LogP contribution in [0.2, 0.25) is 0 Å². The Bertz CT molecular complexity index is 508. The average molecular weight is 297 g/mol. The third-order valence-electron chi connectivity index (χ3n) is 2.57. The highest BCUT2D eigenvalue weighted by molar-refractivity contribution is 9.10. The topological polar surface area (TPSA) is 72.3 Å². The monoisotopic (exact) mass is 296 g/mol. The first-order valence-corrected chi connectivity index (χ1v) is 6.03. The summed E-state index contributed by atoms with van der Waals surface area (Å²) in [6, 6.07) is 7.62. The van der Waals surface area contributed by atoms with Crippen molar-refractivity contribution in [1.29, 1.82) is 0 Å². The molecule has 0 bridgehead atoms. The Morgan fingerprint density at radius 3 is 2.65 bits per heavy atom. The molecule has 0 saturated carbocycles. The van der Waals surface area contributed by atoms with Crippen LogP contribution in [-0.2, 0) is 0 Å². The molecule has 2 rings (SSSR count). The van der Waals surface area contributed by atoms with Gasteiger partial charge in [-0.2, -0.15) is 0 Å². The first kappa shape index (κ1) is 12.3. The molecule has 0 spiro atoms. The Morgan fingerprint density at radius 1 is 1.41 bits per heavy atom. The highest BCUT2D eigenvalue weighted by Crippen LogP contribution is 2.31. The van der Waals surface area contributed by atoms with E-state index in [0.717, 1.165) is 10.0 Å². The number of aryl methyl sites for hydroxylation is 1. The summed E-state index contributed by atoms with van der Waals surface area (Å²) in [5.74, 6) is 0.577. The minimum Gasteiger partial charge on any atom is -0.387 e. The van der Waals surface area contributed by atoms with Crippen LogP contribution in [0.25, 0.3) is 11.3 Å². The number of aromatic nitrogens is 1. The van der Waals surface area contributed by atoms with Crippen LogP contribution in [0.4, 0.5) is 0 Å². The summed E-state index contributed by atoms with van der Waals surface area (Å²) in [6.45, 7) is 1.94. The molecule has 5 heteroatoms. The standard InChI is InChI=1S/C12H13BrN2O2/c1-7-11(10(16)6-14)12(17-15-7)8-2-4-9(13)5-3-8/h2-5,10,16H,6,14H2,1H3. The molecule has 1 aromatic carbocycles. The van der Waals surface area contributed by atoms with E-state index < -0.39 is 6.10 Å². The van der Waals surface area contributed by atoms with Gasteiger partial charge in [-0.25, -0.2) is 0 Å². The number of hydrogen-bond donors (Lipinski definition) is 2. The summed E-state index contributed by atoms with van der Waals surface area (Å²) in [4.78, 5) is 0. The molecule has 0 saturated heterocycles. The lowest BCUT2D eigenvalue weighted by Crippen LogP contribution is -2.12. The molecule has 1 aromatic heterocycles. The van der Waals surface area contributed by atoms with Crippen molar-refractivity contribution in [3.05, 3.63) is 40.0 Å². The van der Waals surface area contributed by atoms with Crippen LogP contribution in [-0.4, -0.2) is 16.8 Å². The van der Waals surface area contributed by atoms with Gasteiger partial charge in [0.25, 0.3) is 0 Å². The van der Waals surface area contributed by atoms with E-state index in [-0.39, 0.29) is 6.54 Å². The Morgan fingerprint density at radius 2 is 2.06 bits per heavy atom. The van der Waals surface area contributed by atoms with E-state index in [9.17, 15) is 5.11 Å². The molecule has 1 heterocycles. The lowest BCUT2D eigenvalue weighted by molar-refractivity contribution is 0.186. The Hall–Kier alpha value is -1.17. The van der Waals surface area contributed by atoms with Gasteiger partial charge in [0.15, 0.2) is 5.76 Å².